The van der Waals surface area contributed by atoms with Gasteiger partial charge in [0.05, 0.1) is 36.8 Å². The molecular formula is C15H19N5O2. The Morgan fingerprint density at radius 3 is 3.00 bits per heavy atom. The van der Waals surface area contributed by atoms with Crippen LogP contribution in [-0.4, -0.2) is 50.3 Å². The molecule has 0 aliphatic carbocycles. The van der Waals surface area contributed by atoms with Gasteiger partial charge >= 0.3 is 0 Å². The van der Waals surface area contributed by atoms with Gasteiger partial charge < -0.3 is 9.64 Å². The number of amides is 1. The lowest BCUT2D eigenvalue weighted by molar-refractivity contribution is 0.0497. The highest BCUT2D eigenvalue weighted by Gasteiger charge is 2.29. The Morgan fingerprint density at radius 2 is 2.27 bits per heavy atom. The zero-order valence-corrected chi connectivity index (χ0v) is 12.8. The third kappa shape index (κ3) is 2.85. The zero-order valence-electron chi connectivity index (χ0n) is 12.8. The number of ether oxygens (including phenoxy) is 1. The molecule has 3 heterocycles. The summed E-state index contributed by atoms with van der Waals surface area (Å²) < 4.78 is 7.23. The minimum atomic E-state index is -0.121. The van der Waals surface area contributed by atoms with Crippen molar-refractivity contribution in [3.63, 3.8) is 0 Å². The average Bonchev–Trinajstić information content (AvgIpc) is 2.90. The van der Waals surface area contributed by atoms with E-state index in [4.69, 9.17) is 4.74 Å². The molecule has 0 spiro atoms. The fourth-order valence-electron chi connectivity index (χ4n) is 2.68. The number of fused-ring (bicyclic) bond motifs is 1. The summed E-state index contributed by atoms with van der Waals surface area (Å²) >= 11 is 0. The van der Waals surface area contributed by atoms with Crippen LogP contribution in [0.2, 0.25) is 0 Å². The monoisotopic (exact) mass is 301 g/mol. The molecule has 1 aliphatic heterocycles. The third-order valence-corrected chi connectivity index (χ3v) is 3.87. The van der Waals surface area contributed by atoms with Crippen LogP contribution in [0.5, 0.6) is 0 Å². The van der Waals surface area contributed by atoms with Crippen LogP contribution in [0.4, 0.5) is 0 Å². The number of methoxy groups -OCH3 is 1. The van der Waals surface area contributed by atoms with E-state index in [1.54, 1.807) is 19.5 Å². The Morgan fingerprint density at radius 1 is 1.41 bits per heavy atom. The van der Waals surface area contributed by atoms with Crippen molar-refractivity contribution < 1.29 is 9.53 Å². The Balaban J connectivity index is 1.89. The fraction of sp³-hybridized carbons (Fsp3) is 0.467. The molecule has 1 amide bonds. The van der Waals surface area contributed by atoms with Gasteiger partial charge in [0.1, 0.15) is 5.69 Å². The molecule has 0 N–H and O–H groups in total. The minimum absolute atomic E-state index is 0.00213. The molecule has 0 bridgehead atoms. The second-order valence-electron chi connectivity index (χ2n) is 5.42. The summed E-state index contributed by atoms with van der Waals surface area (Å²) in [5, 5.41) is 4.30. The van der Waals surface area contributed by atoms with E-state index in [-0.39, 0.29) is 11.9 Å². The fourth-order valence-corrected chi connectivity index (χ4v) is 2.68. The Bertz CT molecular complexity index is 652. The molecule has 22 heavy (non-hydrogen) atoms. The molecule has 0 aromatic carbocycles. The van der Waals surface area contributed by atoms with E-state index in [0.29, 0.717) is 18.8 Å². The van der Waals surface area contributed by atoms with Gasteiger partial charge in [0.25, 0.3) is 5.91 Å². The van der Waals surface area contributed by atoms with Gasteiger partial charge in [0.2, 0.25) is 0 Å². The largest absolute Gasteiger partial charge is 0.383 e. The van der Waals surface area contributed by atoms with Crippen LogP contribution in [0.25, 0.3) is 0 Å². The lowest BCUT2D eigenvalue weighted by atomic mass is 10.1. The third-order valence-electron chi connectivity index (χ3n) is 3.87. The molecule has 7 heteroatoms. The zero-order chi connectivity index (χ0) is 15.5. The van der Waals surface area contributed by atoms with E-state index in [9.17, 15) is 4.79 Å². The van der Waals surface area contributed by atoms with Crippen LogP contribution < -0.4 is 0 Å². The van der Waals surface area contributed by atoms with Gasteiger partial charge in [-0.1, -0.05) is 0 Å². The first kappa shape index (κ1) is 14.6. The molecule has 116 valence electrons. The highest BCUT2D eigenvalue weighted by atomic mass is 16.5. The molecule has 2 aromatic rings. The smallest absolute Gasteiger partial charge is 0.274 e. The van der Waals surface area contributed by atoms with Gasteiger partial charge in [0, 0.05) is 26.0 Å². The van der Waals surface area contributed by atoms with Crippen LogP contribution in [0.3, 0.4) is 0 Å². The second-order valence-corrected chi connectivity index (χ2v) is 5.42. The van der Waals surface area contributed by atoms with E-state index in [0.717, 1.165) is 24.4 Å². The molecule has 0 fully saturated rings. The number of aromatic nitrogens is 4. The summed E-state index contributed by atoms with van der Waals surface area (Å²) in [6, 6.07) is 1.94. The first-order chi connectivity index (χ1) is 10.7. The Hall–Kier alpha value is -2.28. The van der Waals surface area contributed by atoms with E-state index in [1.807, 2.05) is 22.6 Å². The highest BCUT2D eigenvalue weighted by Crippen LogP contribution is 2.19. The van der Waals surface area contributed by atoms with Crippen molar-refractivity contribution in [2.24, 2.45) is 0 Å². The topological polar surface area (TPSA) is 73.1 Å². The van der Waals surface area contributed by atoms with Crippen LogP contribution in [-0.2, 0) is 17.8 Å². The normalized spacial score (nSPS) is 17.9. The SMILES string of the molecule is COC[C@H]1CCn2nccc2CN1C(=O)c1cnc(C)cn1. The molecule has 1 atom stereocenters. The van der Waals surface area contributed by atoms with E-state index in [2.05, 4.69) is 15.1 Å². The number of hydrogen-bond acceptors (Lipinski definition) is 5. The summed E-state index contributed by atoms with van der Waals surface area (Å²) in [7, 11) is 1.65. The van der Waals surface area contributed by atoms with E-state index < -0.39 is 0 Å². The number of hydrogen-bond donors (Lipinski definition) is 0. The molecular weight excluding hydrogens is 282 g/mol. The van der Waals surface area contributed by atoms with Gasteiger partial charge in [0.15, 0.2) is 0 Å². The van der Waals surface area contributed by atoms with Crippen LogP contribution in [0.15, 0.2) is 24.7 Å². The summed E-state index contributed by atoms with van der Waals surface area (Å²) in [6.07, 6.45) is 5.71. The van der Waals surface area contributed by atoms with Crippen molar-refractivity contribution in [1.82, 2.24) is 24.6 Å². The van der Waals surface area contributed by atoms with Crippen molar-refractivity contribution in [2.75, 3.05) is 13.7 Å². The van der Waals surface area contributed by atoms with E-state index >= 15 is 0 Å². The van der Waals surface area contributed by atoms with Gasteiger partial charge in [-0.25, -0.2) is 4.98 Å². The number of carbonyl (C=O) groups is 1. The molecule has 3 rings (SSSR count). The summed E-state index contributed by atoms with van der Waals surface area (Å²) in [5.41, 5.74) is 2.17. The number of nitrogens with zero attached hydrogens (tertiary/aromatic N) is 5. The van der Waals surface area contributed by atoms with Crippen LogP contribution >= 0.6 is 0 Å². The van der Waals surface area contributed by atoms with Gasteiger partial charge in [-0.3, -0.25) is 14.5 Å². The maximum Gasteiger partial charge on any atom is 0.274 e. The molecule has 1 aliphatic rings. The molecule has 0 saturated carbocycles. The van der Waals surface area contributed by atoms with Crippen LogP contribution in [0.1, 0.15) is 28.3 Å². The van der Waals surface area contributed by atoms with E-state index in [1.165, 1.54) is 6.20 Å². The quantitative estimate of drug-likeness (QED) is 0.847. The summed E-state index contributed by atoms with van der Waals surface area (Å²) in [4.78, 5) is 23.0. The molecule has 0 unspecified atom stereocenters. The standard InChI is InChI=1S/C15H19N5O2/c1-11-7-17-14(8-16-11)15(21)19-9-12-3-5-18-20(12)6-4-13(19)10-22-2/h3,5,7-8,13H,4,6,9-10H2,1-2H3/t13-/m1/s1. The van der Waals surface area contributed by atoms with Crippen molar-refractivity contribution >= 4 is 5.91 Å². The molecule has 2 aromatic heterocycles. The minimum Gasteiger partial charge on any atom is -0.383 e. The number of carbonyl (C=O) groups excluding carboxylic acids is 1. The maximum atomic E-state index is 12.8. The first-order valence-electron chi connectivity index (χ1n) is 7.28. The average molecular weight is 301 g/mol. The second kappa shape index (κ2) is 6.23. The lowest BCUT2D eigenvalue weighted by Crippen LogP contribution is -2.42. The molecule has 0 radical (unpaired) electrons. The van der Waals surface area contributed by atoms with Gasteiger partial charge in [-0.2, -0.15) is 5.10 Å². The summed E-state index contributed by atoms with van der Waals surface area (Å²) in [6.45, 7) is 3.62. The van der Waals surface area contributed by atoms with Gasteiger partial charge in [-0.15, -0.1) is 0 Å². The maximum absolute atomic E-state index is 12.8. The summed E-state index contributed by atoms with van der Waals surface area (Å²) in [5.74, 6) is -0.121. The molecule has 7 nitrogen and oxygen atoms in total. The highest BCUT2D eigenvalue weighted by molar-refractivity contribution is 5.92. The Labute approximate surface area is 128 Å². The molecule has 0 saturated heterocycles. The first-order valence-corrected chi connectivity index (χ1v) is 7.28. The van der Waals surface area contributed by atoms with Crippen molar-refractivity contribution in [3.8, 4) is 0 Å². The predicted octanol–water partition coefficient (Wildman–Crippen LogP) is 1.04. The van der Waals surface area contributed by atoms with Crippen molar-refractivity contribution in [1.29, 1.82) is 0 Å². The predicted molar refractivity (Wildman–Crippen MR) is 79.2 cm³/mol. The number of aryl methyl sites for hydroxylation is 2. The number of rotatable bonds is 3. The van der Waals surface area contributed by atoms with Gasteiger partial charge in [-0.05, 0) is 19.4 Å². The van der Waals surface area contributed by atoms with Crippen LogP contribution in [0, 0.1) is 6.92 Å². The Kier molecular flexibility index (Phi) is 4.15. The van der Waals surface area contributed by atoms with Crippen molar-refractivity contribution in [3.05, 3.63) is 41.7 Å². The van der Waals surface area contributed by atoms with Crippen molar-refractivity contribution in [2.45, 2.75) is 32.5 Å². The lowest BCUT2D eigenvalue weighted by Gasteiger charge is -2.28.